The minimum atomic E-state index is -0.392. The third-order valence-electron chi connectivity index (χ3n) is 6.42. The number of hydrogen-bond donors (Lipinski definition) is 3. The van der Waals surface area contributed by atoms with Crippen LogP contribution in [0.2, 0.25) is 0 Å². The van der Waals surface area contributed by atoms with E-state index in [9.17, 15) is 14.3 Å². The minimum Gasteiger partial charge on any atom is -0.508 e. The Bertz CT molecular complexity index is 1040. The second-order valence-electron chi connectivity index (χ2n) is 8.63. The molecule has 3 aliphatic rings. The van der Waals surface area contributed by atoms with Gasteiger partial charge in [0.25, 0.3) is 5.91 Å². The van der Waals surface area contributed by atoms with Gasteiger partial charge in [-0.3, -0.25) is 9.69 Å². The van der Waals surface area contributed by atoms with Gasteiger partial charge in [0.05, 0.1) is 11.4 Å². The second kappa shape index (κ2) is 8.10. The standard InChI is InChI=1S/C25H26FN3O2/c26-19-9-5-17(6-10-19)14-22-25(31)29-15-23(18-7-11-20(30)12-8-18)27-21(24(29)28-22)13-16-3-1-2-4-16/h5-12,15-16,22,27-28,30H,1-4,13-14H2. The van der Waals surface area contributed by atoms with E-state index >= 15 is 0 Å². The molecule has 2 heterocycles. The summed E-state index contributed by atoms with van der Waals surface area (Å²) in [5.41, 5.74) is 3.71. The van der Waals surface area contributed by atoms with Crippen LogP contribution in [0, 0.1) is 11.7 Å². The first-order valence-electron chi connectivity index (χ1n) is 10.9. The van der Waals surface area contributed by atoms with Gasteiger partial charge in [-0.1, -0.05) is 37.8 Å². The lowest BCUT2D eigenvalue weighted by Crippen LogP contribution is -2.31. The monoisotopic (exact) mass is 419 g/mol. The molecule has 2 aromatic carbocycles. The molecule has 3 N–H and O–H groups in total. The van der Waals surface area contributed by atoms with E-state index < -0.39 is 6.04 Å². The number of phenols is 1. The zero-order valence-electron chi connectivity index (χ0n) is 17.3. The number of nitrogens with one attached hydrogen (secondary N) is 2. The van der Waals surface area contributed by atoms with E-state index in [1.54, 1.807) is 29.2 Å². The highest BCUT2D eigenvalue weighted by Crippen LogP contribution is 2.35. The van der Waals surface area contributed by atoms with E-state index in [1.165, 1.54) is 37.8 Å². The number of phenolic OH excluding ortho intramolecular Hbond substituents is 1. The van der Waals surface area contributed by atoms with Crippen LogP contribution in [-0.4, -0.2) is 22.0 Å². The van der Waals surface area contributed by atoms with Crippen LogP contribution in [-0.2, 0) is 11.2 Å². The van der Waals surface area contributed by atoms with Crippen LogP contribution in [0.3, 0.4) is 0 Å². The Hall–Kier alpha value is -3.28. The van der Waals surface area contributed by atoms with Gasteiger partial charge in [-0.25, -0.2) is 4.39 Å². The molecule has 160 valence electrons. The molecule has 2 aliphatic heterocycles. The van der Waals surface area contributed by atoms with E-state index in [0.29, 0.717) is 12.3 Å². The van der Waals surface area contributed by atoms with Crippen LogP contribution in [0.1, 0.15) is 43.2 Å². The molecule has 2 fully saturated rings. The van der Waals surface area contributed by atoms with Gasteiger partial charge in [0.2, 0.25) is 0 Å². The van der Waals surface area contributed by atoms with Crippen molar-refractivity contribution in [3.05, 3.63) is 83.2 Å². The Morgan fingerprint density at radius 3 is 2.42 bits per heavy atom. The SMILES string of the molecule is O=C1C(Cc2ccc(F)cc2)NC2=C(CC3CCCC3)NC(c3ccc(O)cc3)=CN12. The van der Waals surface area contributed by atoms with Crippen molar-refractivity contribution in [1.82, 2.24) is 15.5 Å². The van der Waals surface area contributed by atoms with E-state index in [-0.39, 0.29) is 17.5 Å². The Morgan fingerprint density at radius 1 is 1.00 bits per heavy atom. The van der Waals surface area contributed by atoms with Crippen molar-refractivity contribution >= 4 is 11.6 Å². The zero-order valence-corrected chi connectivity index (χ0v) is 17.3. The Kier molecular flexibility index (Phi) is 5.14. The number of carbonyl (C=O) groups excluding carboxylic acids is 1. The zero-order chi connectivity index (χ0) is 21.4. The van der Waals surface area contributed by atoms with Gasteiger partial charge in [0.15, 0.2) is 0 Å². The minimum absolute atomic E-state index is 0.0129. The fourth-order valence-electron chi connectivity index (χ4n) is 4.75. The fourth-order valence-corrected chi connectivity index (χ4v) is 4.75. The third kappa shape index (κ3) is 4.02. The number of amides is 1. The van der Waals surface area contributed by atoms with Crippen molar-refractivity contribution in [2.24, 2.45) is 5.92 Å². The molecule has 6 heteroatoms. The molecule has 2 aromatic rings. The summed E-state index contributed by atoms with van der Waals surface area (Å²) < 4.78 is 13.3. The maximum absolute atomic E-state index is 13.3. The highest BCUT2D eigenvalue weighted by molar-refractivity contribution is 5.90. The molecule has 1 aliphatic carbocycles. The molecular weight excluding hydrogens is 393 g/mol. The smallest absolute Gasteiger partial charge is 0.255 e. The molecule has 1 atom stereocenters. The number of fused-ring (bicyclic) bond motifs is 1. The Balaban J connectivity index is 1.44. The van der Waals surface area contributed by atoms with Gasteiger partial charge >= 0.3 is 0 Å². The predicted octanol–water partition coefficient (Wildman–Crippen LogP) is 4.23. The van der Waals surface area contributed by atoms with Gasteiger partial charge in [0.1, 0.15) is 23.4 Å². The van der Waals surface area contributed by atoms with Gasteiger partial charge in [-0.05, 0) is 59.9 Å². The lowest BCUT2D eigenvalue weighted by molar-refractivity contribution is -0.126. The average molecular weight is 420 g/mol. The fraction of sp³-hybridized carbons (Fsp3) is 0.320. The van der Waals surface area contributed by atoms with Crippen LogP contribution in [0.25, 0.3) is 5.70 Å². The quantitative estimate of drug-likeness (QED) is 0.679. The highest BCUT2D eigenvalue weighted by Gasteiger charge is 2.39. The molecule has 0 bridgehead atoms. The van der Waals surface area contributed by atoms with Gasteiger partial charge < -0.3 is 15.7 Å². The molecule has 1 saturated carbocycles. The summed E-state index contributed by atoms with van der Waals surface area (Å²) in [5.74, 6) is 1.36. The first kappa shape index (κ1) is 19.7. The van der Waals surface area contributed by atoms with Crippen molar-refractivity contribution in [3.8, 4) is 5.75 Å². The number of benzene rings is 2. The number of allylic oxidation sites excluding steroid dienone is 1. The lowest BCUT2D eigenvalue weighted by Gasteiger charge is -2.28. The van der Waals surface area contributed by atoms with Crippen LogP contribution < -0.4 is 10.6 Å². The molecule has 5 nitrogen and oxygen atoms in total. The average Bonchev–Trinajstić information content (AvgIpc) is 3.39. The molecule has 1 unspecified atom stereocenters. The van der Waals surface area contributed by atoms with Crippen molar-refractivity contribution < 1.29 is 14.3 Å². The van der Waals surface area contributed by atoms with Crippen molar-refractivity contribution in [3.63, 3.8) is 0 Å². The first-order valence-corrected chi connectivity index (χ1v) is 10.9. The normalized spacial score (nSPS) is 21.1. The summed E-state index contributed by atoms with van der Waals surface area (Å²) in [5, 5.41) is 16.6. The van der Waals surface area contributed by atoms with Crippen LogP contribution in [0.15, 0.2) is 66.2 Å². The van der Waals surface area contributed by atoms with Gasteiger partial charge in [-0.15, -0.1) is 0 Å². The lowest BCUT2D eigenvalue weighted by atomic mass is 10.00. The molecule has 31 heavy (non-hydrogen) atoms. The summed E-state index contributed by atoms with van der Waals surface area (Å²) in [6.07, 6.45) is 8.17. The summed E-state index contributed by atoms with van der Waals surface area (Å²) in [6.45, 7) is 0. The highest BCUT2D eigenvalue weighted by atomic mass is 19.1. The van der Waals surface area contributed by atoms with E-state index in [4.69, 9.17) is 0 Å². The molecule has 0 aromatic heterocycles. The second-order valence-corrected chi connectivity index (χ2v) is 8.63. The van der Waals surface area contributed by atoms with Gasteiger partial charge in [0, 0.05) is 12.6 Å². The number of halogens is 1. The van der Waals surface area contributed by atoms with Crippen LogP contribution in [0.4, 0.5) is 4.39 Å². The van der Waals surface area contributed by atoms with Crippen molar-refractivity contribution in [1.29, 1.82) is 0 Å². The Labute approximate surface area is 181 Å². The number of aromatic hydroxyl groups is 1. The molecule has 1 saturated heterocycles. The Morgan fingerprint density at radius 2 is 1.71 bits per heavy atom. The topological polar surface area (TPSA) is 64.6 Å². The molecular formula is C25H26FN3O2. The maximum Gasteiger partial charge on any atom is 0.255 e. The summed E-state index contributed by atoms with van der Waals surface area (Å²) >= 11 is 0. The molecule has 1 amide bonds. The van der Waals surface area contributed by atoms with Gasteiger partial charge in [-0.2, -0.15) is 0 Å². The molecule has 0 radical (unpaired) electrons. The van der Waals surface area contributed by atoms with Crippen molar-refractivity contribution in [2.75, 3.05) is 0 Å². The number of carbonyl (C=O) groups is 1. The van der Waals surface area contributed by atoms with Crippen molar-refractivity contribution in [2.45, 2.75) is 44.6 Å². The number of nitrogens with zero attached hydrogens (tertiary/aromatic N) is 1. The number of rotatable bonds is 5. The van der Waals surface area contributed by atoms with E-state index in [2.05, 4.69) is 10.6 Å². The third-order valence-corrected chi connectivity index (χ3v) is 6.42. The maximum atomic E-state index is 13.3. The largest absolute Gasteiger partial charge is 0.508 e. The molecule has 5 rings (SSSR count). The van der Waals surface area contributed by atoms with E-state index in [0.717, 1.165) is 34.8 Å². The van der Waals surface area contributed by atoms with Crippen LogP contribution >= 0.6 is 0 Å². The van der Waals surface area contributed by atoms with E-state index in [1.807, 2.05) is 18.3 Å². The summed E-state index contributed by atoms with van der Waals surface area (Å²) in [7, 11) is 0. The summed E-state index contributed by atoms with van der Waals surface area (Å²) in [6, 6.07) is 12.9. The first-order chi connectivity index (χ1) is 15.1. The number of hydrogen-bond acceptors (Lipinski definition) is 4. The summed E-state index contributed by atoms with van der Waals surface area (Å²) in [4.78, 5) is 15.0. The van der Waals surface area contributed by atoms with Crippen LogP contribution in [0.5, 0.6) is 5.75 Å². The predicted molar refractivity (Wildman–Crippen MR) is 117 cm³/mol. The molecule has 0 spiro atoms.